The van der Waals surface area contributed by atoms with Crippen molar-refractivity contribution in [1.29, 1.82) is 0 Å². The molecule has 29 heavy (non-hydrogen) atoms. The third-order valence-electron chi connectivity index (χ3n) is 3.77. The Balaban J connectivity index is 0.000000296. The van der Waals surface area contributed by atoms with E-state index in [1.54, 1.807) is 6.07 Å². The Labute approximate surface area is 168 Å². The summed E-state index contributed by atoms with van der Waals surface area (Å²) < 4.78 is 9.86. The van der Waals surface area contributed by atoms with Gasteiger partial charge in [-0.1, -0.05) is 0 Å². The van der Waals surface area contributed by atoms with Crippen LogP contribution in [0.4, 0.5) is 11.4 Å². The van der Waals surface area contributed by atoms with Gasteiger partial charge in [-0.15, -0.1) is 0 Å². The Morgan fingerprint density at radius 2 is 1.28 bits per heavy atom. The highest BCUT2D eigenvalue weighted by Crippen LogP contribution is 2.35. The zero-order valence-corrected chi connectivity index (χ0v) is 16.8. The first-order valence-electron chi connectivity index (χ1n) is 8.39. The van der Waals surface area contributed by atoms with E-state index in [2.05, 4.69) is 5.32 Å². The number of phenolic OH excluding ortho intramolecular Hbond substituents is 2. The second-order valence-corrected chi connectivity index (χ2v) is 5.91. The lowest BCUT2D eigenvalue weighted by Crippen LogP contribution is -2.08. The monoisotopic (exact) mass is 404 g/mol. The average molecular weight is 404 g/mol. The summed E-state index contributed by atoms with van der Waals surface area (Å²) in [5.41, 5.74) is 5.98. The molecule has 0 fully saturated rings. The van der Waals surface area contributed by atoms with Crippen LogP contribution in [0.5, 0.6) is 23.0 Å². The van der Waals surface area contributed by atoms with E-state index in [0.29, 0.717) is 5.75 Å². The van der Waals surface area contributed by atoms with E-state index in [-0.39, 0.29) is 57.2 Å². The predicted molar refractivity (Wildman–Crippen MR) is 108 cm³/mol. The summed E-state index contributed by atoms with van der Waals surface area (Å²) in [7, 11) is 2.83. The molecule has 0 atom stereocenters. The normalized spacial score (nSPS) is 9.69. The second-order valence-electron chi connectivity index (χ2n) is 5.91. The zero-order chi connectivity index (χ0) is 22.3. The molecule has 156 valence electrons. The minimum atomic E-state index is -0.332. The van der Waals surface area contributed by atoms with Crippen molar-refractivity contribution >= 4 is 28.8 Å². The highest BCUT2D eigenvalue weighted by molar-refractivity contribution is 6.03. The lowest BCUT2D eigenvalue weighted by molar-refractivity contribution is -0.114. The number of ketones is 2. The zero-order valence-electron chi connectivity index (χ0n) is 16.8. The van der Waals surface area contributed by atoms with Crippen molar-refractivity contribution in [2.75, 3.05) is 25.3 Å². The van der Waals surface area contributed by atoms with Gasteiger partial charge in [0.05, 0.1) is 25.6 Å². The van der Waals surface area contributed by atoms with Crippen LogP contribution in [0.25, 0.3) is 0 Å². The Morgan fingerprint density at radius 3 is 1.69 bits per heavy atom. The summed E-state index contributed by atoms with van der Waals surface area (Å²) in [4.78, 5) is 33.3. The lowest BCUT2D eigenvalue weighted by atomic mass is 10.1. The van der Waals surface area contributed by atoms with Crippen LogP contribution in [0, 0.1) is 0 Å². The fourth-order valence-corrected chi connectivity index (χ4v) is 2.47. The van der Waals surface area contributed by atoms with Crippen molar-refractivity contribution in [2.24, 2.45) is 0 Å². The number of methoxy groups -OCH3 is 2. The first kappa shape index (κ1) is 23.3. The number of rotatable bonds is 5. The van der Waals surface area contributed by atoms with Gasteiger partial charge in [-0.3, -0.25) is 14.4 Å². The van der Waals surface area contributed by atoms with Crippen LogP contribution in [0.15, 0.2) is 24.3 Å². The van der Waals surface area contributed by atoms with E-state index in [1.165, 1.54) is 53.2 Å². The van der Waals surface area contributed by atoms with E-state index in [1.807, 2.05) is 0 Å². The van der Waals surface area contributed by atoms with E-state index >= 15 is 0 Å². The third-order valence-corrected chi connectivity index (χ3v) is 3.77. The van der Waals surface area contributed by atoms with Crippen molar-refractivity contribution in [3.8, 4) is 23.0 Å². The van der Waals surface area contributed by atoms with Gasteiger partial charge in [-0.2, -0.15) is 0 Å². The van der Waals surface area contributed by atoms with E-state index in [4.69, 9.17) is 15.2 Å². The number of carbonyl (C=O) groups is 3. The Hall–Kier alpha value is -3.75. The summed E-state index contributed by atoms with van der Waals surface area (Å²) >= 11 is 0. The maximum atomic E-state index is 11.3. The Morgan fingerprint density at radius 1 is 0.828 bits per heavy atom. The molecule has 0 bridgehead atoms. The molecule has 2 aromatic rings. The summed E-state index contributed by atoms with van der Waals surface area (Å²) in [6.07, 6.45) is 0. The molecule has 0 heterocycles. The number of hydrogen-bond acceptors (Lipinski definition) is 8. The third kappa shape index (κ3) is 5.61. The second kappa shape index (κ2) is 9.98. The first-order chi connectivity index (χ1) is 13.5. The molecule has 1 amide bonds. The number of amides is 1. The van der Waals surface area contributed by atoms with Crippen LogP contribution >= 0.6 is 0 Å². The molecule has 0 spiro atoms. The van der Waals surface area contributed by atoms with Crippen molar-refractivity contribution in [1.82, 2.24) is 0 Å². The van der Waals surface area contributed by atoms with E-state index < -0.39 is 0 Å². The maximum Gasteiger partial charge on any atom is 0.221 e. The predicted octanol–water partition coefficient (Wildman–Crippen LogP) is 2.75. The van der Waals surface area contributed by atoms with Gasteiger partial charge in [0.1, 0.15) is 22.6 Å². The molecule has 9 heteroatoms. The number of aromatic hydroxyl groups is 2. The molecule has 2 aromatic carbocycles. The van der Waals surface area contributed by atoms with Crippen molar-refractivity contribution in [3.63, 3.8) is 0 Å². The van der Waals surface area contributed by atoms with Crippen LogP contribution in [-0.2, 0) is 4.79 Å². The van der Waals surface area contributed by atoms with Crippen molar-refractivity contribution in [2.45, 2.75) is 20.8 Å². The van der Waals surface area contributed by atoms with Crippen LogP contribution in [0.2, 0.25) is 0 Å². The van der Waals surface area contributed by atoms with Gasteiger partial charge in [0, 0.05) is 6.92 Å². The van der Waals surface area contributed by atoms with Crippen molar-refractivity contribution in [3.05, 3.63) is 35.4 Å². The number of nitrogens with two attached hydrogens (primary N) is 1. The molecule has 0 saturated carbocycles. The summed E-state index contributed by atoms with van der Waals surface area (Å²) in [5.74, 6) is -0.814. The summed E-state index contributed by atoms with van der Waals surface area (Å²) in [5, 5.41) is 21.7. The Kier molecular flexibility index (Phi) is 8.01. The fraction of sp³-hybridized carbons (Fsp3) is 0.250. The molecule has 9 nitrogen and oxygen atoms in total. The molecular formula is C20H24N2O7. The molecule has 0 aliphatic rings. The summed E-state index contributed by atoms with van der Waals surface area (Å²) in [6, 6.07) is 6.02. The van der Waals surface area contributed by atoms with Crippen LogP contribution in [0.3, 0.4) is 0 Å². The number of anilines is 2. The quantitative estimate of drug-likeness (QED) is 0.338. The van der Waals surface area contributed by atoms with Gasteiger partial charge in [-0.25, -0.2) is 0 Å². The smallest absolute Gasteiger partial charge is 0.221 e. The number of nitrogens with one attached hydrogen (secondary N) is 1. The van der Waals surface area contributed by atoms with Crippen molar-refractivity contribution < 1.29 is 34.1 Å². The fourth-order valence-electron chi connectivity index (χ4n) is 2.47. The molecular weight excluding hydrogens is 380 g/mol. The first-order valence-corrected chi connectivity index (χ1v) is 8.39. The Bertz CT molecular complexity index is 939. The maximum absolute atomic E-state index is 11.3. The van der Waals surface area contributed by atoms with Gasteiger partial charge >= 0.3 is 0 Å². The number of nitrogen functional groups attached to an aromatic ring is 1. The molecule has 2 rings (SSSR count). The topological polar surface area (TPSA) is 148 Å². The molecule has 0 aliphatic heterocycles. The van der Waals surface area contributed by atoms with Gasteiger partial charge in [0.25, 0.3) is 0 Å². The number of ether oxygens (including phenoxy) is 2. The van der Waals surface area contributed by atoms with Gasteiger partial charge in [0.2, 0.25) is 5.91 Å². The van der Waals surface area contributed by atoms with E-state index in [0.717, 1.165) is 0 Å². The van der Waals surface area contributed by atoms with Crippen LogP contribution in [-0.4, -0.2) is 41.9 Å². The average Bonchev–Trinajstić information content (AvgIpc) is 2.64. The number of hydrogen-bond donors (Lipinski definition) is 4. The van der Waals surface area contributed by atoms with Crippen LogP contribution in [0.1, 0.15) is 41.5 Å². The molecule has 0 unspecified atom stereocenters. The minimum Gasteiger partial charge on any atom is -0.505 e. The minimum absolute atomic E-state index is 0.0637. The number of Topliss-reactive ketones (excluding diaryl/α,β-unsaturated/α-hetero) is 2. The van der Waals surface area contributed by atoms with Crippen LogP contribution < -0.4 is 20.5 Å². The molecule has 0 aromatic heterocycles. The summed E-state index contributed by atoms with van der Waals surface area (Å²) in [6.45, 7) is 3.98. The lowest BCUT2D eigenvalue weighted by Gasteiger charge is -2.11. The highest BCUT2D eigenvalue weighted by atomic mass is 16.5. The van der Waals surface area contributed by atoms with Gasteiger partial charge < -0.3 is 30.7 Å². The largest absolute Gasteiger partial charge is 0.505 e. The number of carbonyl (C=O) groups excluding carboxylic acids is 3. The SMILES string of the molecule is COc1ccc(N)c(O)c1C(C)=O.COc1ccc(NC(C)=O)c(O)c1C(C)=O. The number of benzene rings is 2. The number of phenols is 2. The standard InChI is InChI=1S/C11H13NO4.C9H11NO3/c1-6(13)10-9(16-3)5-4-8(11(10)15)12-7(2)14;1-5(11)8-7(13-2)4-3-6(10)9(8)12/h4-5,15H,1-3H3,(H,12,14);3-4,12H,10H2,1-2H3. The molecule has 0 saturated heterocycles. The highest BCUT2D eigenvalue weighted by Gasteiger charge is 2.17. The van der Waals surface area contributed by atoms with E-state index in [9.17, 15) is 24.6 Å². The molecule has 0 radical (unpaired) electrons. The van der Waals surface area contributed by atoms with Gasteiger partial charge in [-0.05, 0) is 38.1 Å². The molecule has 5 N–H and O–H groups in total. The molecule has 0 aliphatic carbocycles. The van der Waals surface area contributed by atoms with Gasteiger partial charge in [0.15, 0.2) is 23.1 Å².